The molecule has 0 bridgehead atoms. The molecule has 1 aliphatic rings. The number of aromatic carboxylic acids is 1. The fourth-order valence-electron chi connectivity index (χ4n) is 6.08. The zero-order chi connectivity index (χ0) is 33.4. The number of methoxy groups -OCH3 is 1. The Balaban J connectivity index is 1.21. The fourth-order valence-corrected chi connectivity index (χ4v) is 6.34. The molecule has 0 aliphatic carbocycles. The molecule has 1 aliphatic heterocycles. The first-order valence-electron chi connectivity index (χ1n) is 14.0. The number of hydrogen-bond acceptors (Lipinski definition) is 6. The number of carbonyl (C=O) groups is 3. The van der Waals surface area contributed by atoms with Gasteiger partial charge in [0.05, 0.1) is 23.9 Å². The number of halogens is 4. The molecular formula is C32H22ClF3N4O7. The van der Waals surface area contributed by atoms with Gasteiger partial charge < -0.3 is 39.6 Å². The van der Waals surface area contributed by atoms with Crippen LogP contribution in [0.2, 0.25) is 0 Å². The largest absolute Gasteiger partial charge is 0.506 e. The van der Waals surface area contributed by atoms with Gasteiger partial charge in [0.2, 0.25) is 0 Å². The van der Waals surface area contributed by atoms with Crippen molar-refractivity contribution in [2.75, 3.05) is 29.8 Å². The Bertz CT molecular complexity index is 2290. The quantitative estimate of drug-likeness (QED) is 0.119. The van der Waals surface area contributed by atoms with Crippen LogP contribution < -0.4 is 15.0 Å². The van der Waals surface area contributed by atoms with Gasteiger partial charge in [-0.2, -0.15) is 13.2 Å². The lowest BCUT2D eigenvalue weighted by molar-refractivity contribution is -0.141. The lowest BCUT2D eigenvalue weighted by atomic mass is 9.95. The molecule has 0 saturated carbocycles. The van der Waals surface area contributed by atoms with E-state index in [1.807, 2.05) is 4.98 Å². The summed E-state index contributed by atoms with van der Waals surface area (Å²) in [7, 11) is 1.53. The third kappa shape index (κ3) is 4.88. The number of phenols is 1. The molecular weight excluding hydrogens is 645 g/mol. The van der Waals surface area contributed by atoms with Crippen LogP contribution >= 0.6 is 11.6 Å². The standard InChI is InChI=1S/C32H22ClF3N4O7/c1-46-17-3-5-22-14(7-17)9-23(47-22)29(42)37-16-2-4-18-13(6-16)8-19(38-18)30(43)40-12-15(11-33)24-20(40)10-21(41)27-25(24)26(31(44)45)28(39-27)32(34,35)36/h2-10,15,38-39,41H,11-12H2,1H3,(H,37,42)(H,44,45)/t15-/m1/s1. The van der Waals surface area contributed by atoms with Crippen LogP contribution in [0.1, 0.15) is 48.6 Å². The van der Waals surface area contributed by atoms with Crippen molar-refractivity contribution in [2.45, 2.75) is 12.1 Å². The third-order valence-corrected chi connectivity index (χ3v) is 8.53. The van der Waals surface area contributed by atoms with E-state index in [-0.39, 0.29) is 40.5 Å². The van der Waals surface area contributed by atoms with Crippen LogP contribution in [-0.2, 0) is 6.18 Å². The number of aromatic nitrogens is 2. The van der Waals surface area contributed by atoms with Crippen LogP contribution in [-0.4, -0.2) is 57.5 Å². The summed E-state index contributed by atoms with van der Waals surface area (Å²) in [6, 6.07) is 14.3. The number of nitrogens with one attached hydrogen (secondary N) is 3. The number of aromatic amines is 2. The van der Waals surface area contributed by atoms with Gasteiger partial charge in [-0.25, -0.2) is 4.79 Å². The Hall–Kier alpha value is -5.63. The molecule has 47 heavy (non-hydrogen) atoms. The number of rotatable bonds is 6. The first-order valence-corrected chi connectivity index (χ1v) is 14.5. The van der Waals surface area contributed by atoms with Crippen molar-refractivity contribution in [1.82, 2.24) is 9.97 Å². The number of hydrogen-bond donors (Lipinski definition) is 5. The molecule has 0 unspecified atom stereocenters. The Morgan fingerprint density at radius 3 is 2.57 bits per heavy atom. The maximum atomic E-state index is 13.8. The summed E-state index contributed by atoms with van der Waals surface area (Å²) < 4.78 is 52.2. The number of nitrogens with zero attached hydrogens (tertiary/aromatic N) is 1. The van der Waals surface area contributed by atoms with Gasteiger partial charge in [-0.1, -0.05) is 0 Å². The van der Waals surface area contributed by atoms with Crippen molar-refractivity contribution < 1.29 is 46.9 Å². The van der Waals surface area contributed by atoms with Gasteiger partial charge in [-0.05, 0) is 54.1 Å². The number of phenolic OH excluding ortho intramolecular Hbond substituents is 1. The number of amides is 2. The number of carboxylic acids is 1. The van der Waals surface area contributed by atoms with E-state index in [9.17, 15) is 37.8 Å². The molecule has 3 aromatic heterocycles. The van der Waals surface area contributed by atoms with E-state index in [0.717, 1.165) is 6.07 Å². The van der Waals surface area contributed by atoms with Gasteiger partial charge >= 0.3 is 12.1 Å². The number of carboxylic acid groups (broad SMARTS) is 1. The summed E-state index contributed by atoms with van der Waals surface area (Å²) >= 11 is 6.19. The molecule has 15 heteroatoms. The topological polar surface area (TPSA) is 161 Å². The number of alkyl halides is 4. The van der Waals surface area contributed by atoms with Crippen molar-refractivity contribution in [2.24, 2.45) is 0 Å². The minimum Gasteiger partial charge on any atom is -0.506 e. The summed E-state index contributed by atoms with van der Waals surface area (Å²) in [4.78, 5) is 45.1. The fraction of sp³-hybridized carbons (Fsp3) is 0.156. The second-order valence-corrected chi connectivity index (χ2v) is 11.3. The van der Waals surface area contributed by atoms with Gasteiger partial charge in [0.15, 0.2) is 5.76 Å². The molecule has 0 fully saturated rings. The molecule has 4 heterocycles. The maximum absolute atomic E-state index is 13.8. The number of fused-ring (bicyclic) bond motifs is 5. The predicted octanol–water partition coefficient (Wildman–Crippen LogP) is 7.06. The molecule has 11 nitrogen and oxygen atoms in total. The molecule has 0 spiro atoms. The van der Waals surface area contributed by atoms with E-state index in [2.05, 4.69) is 10.3 Å². The number of benzene rings is 3. The number of carbonyl (C=O) groups excluding carboxylic acids is 2. The van der Waals surface area contributed by atoms with Crippen molar-refractivity contribution in [3.05, 3.63) is 82.9 Å². The van der Waals surface area contributed by atoms with Crippen molar-refractivity contribution in [1.29, 1.82) is 0 Å². The van der Waals surface area contributed by atoms with E-state index >= 15 is 0 Å². The third-order valence-electron chi connectivity index (χ3n) is 8.16. The van der Waals surface area contributed by atoms with Crippen LogP contribution in [0, 0.1) is 0 Å². The van der Waals surface area contributed by atoms with Gasteiger partial charge in [-0.3, -0.25) is 9.59 Å². The summed E-state index contributed by atoms with van der Waals surface area (Å²) in [5.74, 6) is -3.81. The monoisotopic (exact) mass is 666 g/mol. The number of furan rings is 1. The Kier molecular flexibility index (Phi) is 6.86. The normalized spacial score (nSPS) is 14.7. The number of anilines is 2. The Labute approximate surface area is 266 Å². The zero-order valence-electron chi connectivity index (χ0n) is 24.1. The second kappa shape index (κ2) is 10.7. The molecule has 7 rings (SSSR count). The molecule has 1 atom stereocenters. The minimum atomic E-state index is -5.06. The van der Waals surface area contributed by atoms with Gasteiger partial charge in [0, 0.05) is 51.8 Å². The van der Waals surface area contributed by atoms with Crippen LogP contribution in [0.25, 0.3) is 32.8 Å². The van der Waals surface area contributed by atoms with Gasteiger partial charge in [0.25, 0.3) is 11.8 Å². The summed E-state index contributed by atoms with van der Waals surface area (Å²) in [5, 5.41) is 24.1. The van der Waals surface area contributed by atoms with Crippen LogP contribution in [0.5, 0.6) is 11.5 Å². The van der Waals surface area contributed by atoms with Gasteiger partial charge in [0.1, 0.15) is 28.5 Å². The summed E-state index contributed by atoms with van der Waals surface area (Å²) in [6.45, 7) is -0.0815. The smallest absolute Gasteiger partial charge is 0.432 e. The molecule has 6 aromatic rings. The van der Waals surface area contributed by atoms with Crippen molar-refractivity contribution in [3.8, 4) is 11.5 Å². The maximum Gasteiger partial charge on any atom is 0.432 e. The molecule has 5 N–H and O–H groups in total. The van der Waals surface area contributed by atoms with E-state index in [0.29, 0.717) is 33.3 Å². The lowest BCUT2D eigenvalue weighted by Crippen LogP contribution is -2.30. The molecule has 3 aromatic carbocycles. The minimum absolute atomic E-state index is 0.0379. The van der Waals surface area contributed by atoms with Crippen LogP contribution in [0.15, 0.2) is 59.0 Å². The molecule has 240 valence electrons. The molecule has 0 saturated heterocycles. The van der Waals surface area contributed by atoms with E-state index in [1.54, 1.807) is 42.5 Å². The Morgan fingerprint density at radius 1 is 1.09 bits per heavy atom. The predicted molar refractivity (Wildman–Crippen MR) is 166 cm³/mol. The second-order valence-electron chi connectivity index (χ2n) is 11.0. The molecule has 2 amide bonds. The molecule has 0 radical (unpaired) electrons. The highest BCUT2D eigenvalue weighted by molar-refractivity contribution is 6.20. The van der Waals surface area contributed by atoms with E-state index < -0.39 is 52.4 Å². The van der Waals surface area contributed by atoms with Gasteiger partial charge in [-0.15, -0.1) is 11.6 Å². The van der Waals surface area contributed by atoms with Crippen LogP contribution in [0.4, 0.5) is 24.5 Å². The SMILES string of the molecule is COc1ccc2oc(C(=O)Nc3ccc4[nH]c(C(=O)N5C[C@@H](CCl)c6c5cc(O)c5[nH]c(C(F)(F)F)c(C(=O)O)c65)cc4c3)cc2c1. The first-order chi connectivity index (χ1) is 22.4. The van der Waals surface area contributed by atoms with Crippen molar-refractivity contribution in [3.63, 3.8) is 0 Å². The highest BCUT2D eigenvalue weighted by Gasteiger charge is 2.43. The number of ether oxygens (including phenoxy) is 1. The number of H-pyrrole nitrogens is 2. The van der Waals surface area contributed by atoms with Crippen molar-refractivity contribution >= 4 is 73.5 Å². The van der Waals surface area contributed by atoms with E-state index in [4.69, 9.17) is 20.8 Å². The summed E-state index contributed by atoms with van der Waals surface area (Å²) in [6.07, 6.45) is -5.06. The highest BCUT2D eigenvalue weighted by Crippen LogP contribution is 2.49. The number of aromatic hydroxyl groups is 1. The first kappa shape index (κ1) is 30.0. The average molecular weight is 667 g/mol. The van der Waals surface area contributed by atoms with Crippen LogP contribution in [0.3, 0.4) is 0 Å². The highest BCUT2D eigenvalue weighted by atomic mass is 35.5. The average Bonchev–Trinajstić information content (AvgIpc) is 3.81. The Morgan fingerprint density at radius 2 is 1.87 bits per heavy atom. The van der Waals surface area contributed by atoms with E-state index in [1.165, 1.54) is 18.1 Å². The summed E-state index contributed by atoms with van der Waals surface area (Å²) in [5.41, 5.74) is -1.31. The zero-order valence-corrected chi connectivity index (χ0v) is 24.8. The lowest BCUT2D eigenvalue weighted by Gasteiger charge is -2.17.